The second-order valence-electron chi connectivity index (χ2n) is 5.29. The lowest BCUT2D eigenvalue weighted by Crippen LogP contribution is -2.46. The van der Waals surface area contributed by atoms with E-state index in [2.05, 4.69) is 28.6 Å². The van der Waals surface area contributed by atoms with Crippen LogP contribution in [0.5, 0.6) is 0 Å². The third kappa shape index (κ3) is 3.80. The molecule has 0 saturated carbocycles. The highest BCUT2D eigenvalue weighted by molar-refractivity contribution is 5.97. The molecule has 1 aromatic rings. The van der Waals surface area contributed by atoms with Crippen molar-refractivity contribution in [2.24, 2.45) is 0 Å². The molecule has 0 aliphatic carbocycles. The highest BCUT2D eigenvalue weighted by Crippen LogP contribution is 2.26. The van der Waals surface area contributed by atoms with Crippen LogP contribution in [0.25, 0.3) is 0 Å². The molecule has 0 aromatic heterocycles. The Morgan fingerprint density at radius 2 is 2.09 bits per heavy atom. The molecule has 1 saturated heterocycles. The molecule has 0 spiro atoms. The van der Waals surface area contributed by atoms with Crippen LogP contribution in [0, 0.1) is 0 Å². The molecule has 1 aliphatic rings. The van der Waals surface area contributed by atoms with Crippen LogP contribution in [0.15, 0.2) is 30.9 Å². The van der Waals surface area contributed by atoms with Gasteiger partial charge in [0.25, 0.3) is 0 Å². The first-order chi connectivity index (χ1) is 10.7. The van der Waals surface area contributed by atoms with E-state index in [1.165, 1.54) is 0 Å². The molecule has 0 atom stereocenters. The van der Waals surface area contributed by atoms with Crippen LogP contribution in [0.2, 0.25) is 0 Å². The lowest BCUT2D eigenvalue weighted by atomic mass is 10.1. The zero-order valence-electron chi connectivity index (χ0n) is 13.5. The number of nitrogens with zero attached hydrogens (tertiary/aromatic N) is 2. The Balaban J connectivity index is 2.22. The number of esters is 1. The fourth-order valence-corrected chi connectivity index (χ4v) is 2.65. The average Bonchev–Trinajstić information content (AvgIpc) is 2.59. The molecule has 0 radical (unpaired) electrons. The Bertz CT molecular complexity index is 523. The highest BCUT2D eigenvalue weighted by atomic mass is 16.5. The summed E-state index contributed by atoms with van der Waals surface area (Å²) in [6.45, 7) is 10.9. The number of carbonyl (C=O) groups excluding carboxylic acids is 1. The van der Waals surface area contributed by atoms with Gasteiger partial charge in [0.15, 0.2) is 0 Å². The lowest BCUT2D eigenvalue weighted by Gasteiger charge is -2.36. The summed E-state index contributed by atoms with van der Waals surface area (Å²) < 4.78 is 5.23. The molecule has 5 nitrogen and oxygen atoms in total. The second-order valence-corrected chi connectivity index (χ2v) is 5.29. The molecule has 22 heavy (non-hydrogen) atoms. The van der Waals surface area contributed by atoms with Gasteiger partial charge >= 0.3 is 5.97 Å². The number of ether oxygens (including phenoxy) is 1. The first kappa shape index (κ1) is 16.4. The molecule has 1 aromatic carbocycles. The minimum atomic E-state index is -0.301. The third-order valence-corrected chi connectivity index (χ3v) is 4.00. The van der Waals surface area contributed by atoms with Gasteiger partial charge in [-0.25, -0.2) is 4.79 Å². The van der Waals surface area contributed by atoms with Gasteiger partial charge in [-0.15, -0.1) is 0 Å². The molecule has 0 bridgehead atoms. The van der Waals surface area contributed by atoms with E-state index in [0.29, 0.717) is 5.56 Å². The van der Waals surface area contributed by atoms with Crippen LogP contribution in [-0.4, -0.2) is 57.2 Å². The van der Waals surface area contributed by atoms with Crippen molar-refractivity contribution in [3.63, 3.8) is 0 Å². The number of hydrogen-bond donors (Lipinski definition) is 1. The van der Waals surface area contributed by atoms with E-state index in [9.17, 15) is 4.79 Å². The summed E-state index contributed by atoms with van der Waals surface area (Å²) in [7, 11) is 1.84. The van der Waals surface area contributed by atoms with Crippen LogP contribution >= 0.6 is 0 Å². The SMILES string of the molecule is C=CCOC(=O)c1cc(NC)ccc1N1CCN(CC)CC1. The monoisotopic (exact) mass is 303 g/mol. The van der Waals surface area contributed by atoms with E-state index in [1.807, 2.05) is 25.2 Å². The normalized spacial score (nSPS) is 15.5. The molecule has 1 aliphatic heterocycles. The topological polar surface area (TPSA) is 44.8 Å². The van der Waals surface area contributed by atoms with Crippen molar-refractivity contribution in [1.29, 1.82) is 0 Å². The fourth-order valence-electron chi connectivity index (χ4n) is 2.65. The van der Waals surface area contributed by atoms with E-state index in [1.54, 1.807) is 6.08 Å². The number of rotatable bonds is 6. The Labute approximate surface area is 132 Å². The molecule has 1 N–H and O–H groups in total. The maximum atomic E-state index is 12.3. The second kappa shape index (κ2) is 7.84. The summed E-state index contributed by atoms with van der Waals surface area (Å²) in [5.41, 5.74) is 2.46. The standard InChI is InChI=1S/C17H25N3O2/c1-4-12-22-17(21)15-13-14(18-3)6-7-16(15)20-10-8-19(5-2)9-11-20/h4,6-7,13,18H,1,5,8-12H2,2-3H3. The summed E-state index contributed by atoms with van der Waals surface area (Å²) in [4.78, 5) is 17.0. The van der Waals surface area contributed by atoms with Crippen molar-refractivity contribution in [1.82, 2.24) is 4.90 Å². The molecule has 0 amide bonds. The zero-order valence-corrected chi connectivity index (χ0v) is 13.5. The van der Waals surface area contributed by atoms with Gasteiger partial charge in [0.2, 0.25) is 0 Å². The number of nitrogens with one attached hydrogen (secondary N) is 1. The predicted octanol–water partition coefficient (Wildman–Crippen LogP) is 2.21. The minimum absolute atomic E-state index is 0.228. The number of hydrogen-bond acceptors (Lipinski definition) is 5. The Hall–Kier alpha value is -2.01. The molecular formula is C17H25N3O2. The molecule has 120 valence electrons. The maximum Gasteiger partial charge on any atom is 0.340 e. The van der Waals surface area contributed by atoms with Gasteiger partial charge in [-0.1, -0.05) is 19.6 Å². The number of likely N-dealkylation sites (N-methyl/N-ethyl adjacent to an activating group) is 1. The van der Waals surface area contributed by atoms with Gasteiger partial charge in [-0.05, 0) is 24.7 Å². The summed E-state index contributed by atoms with van der Waals surface area (Å²) in [5.74, 6) is -0.301. The molecule has 5 heteroatoms. The molecule has 2 rings (SSSR count). The zero-order chi connectivity index (χ0) is 15.9. The van der Waals surface area contributed by atoms with Crippen molar-refractivity contribution in [3.05, 3.63) is 36.4 Å². The van der Waals surface area contributed by atoms with Crippen molar-refractivity contribution < 1.29 is 9.53 Å². The van der Waals surface area contributed by atoms with Crippen molar-refractivity contribution in [3.8, 4) is 0 Å². The molecule has 0 unspecified atom stereocenters. The molecule has 1 heterocycles. The predicted molar refractivity (Wildman–Crippen MR) is 90.8 cm³/mol. The van der Waals surface area contributed by atoms with Crippen molar-refractivity contribution >= 4 is 17.3 Å². The van der Waals surface area contributed by atoms with Crippen LogP contribution < -0.4 is 10.2 Å². The summed E-state index contributed by atoms with van der Waals surface area (Å²) in [6, 6.07) is 5.84. The molecule has 1 fully saturated rings. The van der Waals surface area contributed by atoms with Gasteiger partial charge in [-0.2, -0.15) is 0 Å². The molecular weight excluding hydrogens is 278 g/mol. The summed E-state index contributed by atoms with van der Waals surface area (Å²) in [5, 5.41) is 3.07. The van der Waals surface area contributed by atoms with Gasteiger partial charge in [0.1, 0.15) is 6.61 Å². The summed E-state index contributed by atoms with van der Waals surface area (Å²) in [6.07, 6.45) is 1.58. The Morgan fingerprint density at radius 1 is 1.36 bits per heavy atom. The highest BCUT2D eigenvalue weighted by Gasteiger charge is 2.22. The van der Waals surface area contributed by atoms with Gasteiger partial charge < -0.3 is 19.9 Å². The van der Waals surface area contributed by atoms with E-state index in [4.69, 9.17) is 4.74 Å². The van der Waals surface area contributed by atoms with Gasteiger partial charge in [0.05, 0.1) is 11.3 Å². The van der Waals surface area contributed by atoms with Crippen LogP contribution in [0.3, 0.4) is 0 Å². The number of piperazine rings is 1. The van der Waals surface area contributed by atoms with Gasteiger partial charge in [-0.3, -0.25) is 0 Å². The van der Waals surface area contributed by atoms with Crippen LogP contribution in [0.1, 0.15) is 17.3 Å². The number of benzene rings is 1. The lowest BCUT2D eigenvalue weighted by molar-refractivity contribution is 0.0550. The average molecular weight is 303 g/mol. The summed E-state index contributed by atoms with van der Waals surface area (Å²) >= 11 is 0. The third-order valence-electron chi connectivity index (χ3n) is 4.00. The maximum absolute atomic E-state index is 12.3. The largest absolute Gasteiger partial charge is 0.458 e. The number of carbonyl (C=O) groups is 1. The Morgan fingerprint density at radius 3 is 2.68 bits per heavy atom. The van der Waals surface area contributed by atoms with E-state index in [-0.39, 0.29) is 12.6 Å². The van der Waals surface area contributed by atoms with E-state index < -0.39 is 0 Å². The van der Waals surface area contributed by atoms with Crippen molar-refractivity contribution in [2.75, 3.05) is 56.6 Å². The Kier molecular flexibility index (Phi) is 5.83. The first-order valence-electron chi connectivity index (χ1n) is 7.76. The van der Waals surface area contributed by atoms with E-state index in [0.717, 1.165) is 44.1 Å². The quantitative estimate of drug-likeness (QED) is 0.645. The van der Waals surface area contributed by atoms with Crippen LogP contribution in [0.4, 0.5) is 11.4 Å². The fraction of sp³-hybridized carbons (Fsp3) is 0.471. The minimum Gasteiger partial charge on any atom is -0.458 e. The van der Waals surface area contributed by atoms with Crippen LogP contribution in [-0.2, 0) is 4.74 Å². The van der Waals surface area contributed by atoms with Crippen molar-refractivity contribution in [2.45, 2.75) is 6.92 Å². The smallest absolute Gasteiger partial charge is 0.340 e. The van der Waals surface area contributed by atoms with Gasteiger partial charge in [0, 0.05) is 38.9 Å². The first-order valence-corrected chi connectivity index (χ1v) is 7.76. The number of anilines is 2. The van der Waals surface area contributed by atoms with E-state index >= 15 is 0 Å².